The highest BCUT2D eigenvalue weighted by Crippen LogP contribution is 2.11. The fourth-order valence-electron chi connectivity index (χ4n) is 1.75. The summed E-state index contributed by atoms with van der Waals surface area (Å²) in [6.07, 6.45) is 1.10. The first-order chi connectivity index (χ1) is 10.6. The highest BCUT2D eigenvalue weighted by Gasteiger charge is 2.17. The zero-order chi connectivity index (χ0) is 17.6. The summed E-state index contributed by atoms with van der Waals surface area (Å²) in [5.74, 6) is 0.165. The van der Waals surface area contributed by atoms with Gasteiger partial charge in [0.2, 0.25) is 0 Å². The minimum absolute atomic E-state index is 0.0503. The number of Topliss-reactive ketones (excluding diaryl/α,β-unsaturated/α-hetero) is 1. The maximum Gasteiger partial charge on any atom is 0.409 e. The van der Waals surface area contributed by atoms with Crippen LogP contribution in [0.15, 0.2) is 6.20 Å². The smallest absolute Gasteiger partial charge is 0.409 e. The Balaban J connectivity index is 2.72. The zero-order valence-electron chi connectivity index (χ0n) is 14.9. The lowest BCUT2D eigenvalue weighted by atomic mass is 10.4. The average Bonchev–Trinajstić information content (AvgIpc) is 2.82. The van der Waals surface area contributed by atoms with Crippen molar-refractivity contribution < 1.29 is 19.1 Å². The second-order valence-corrected chi connectivity index (χ2v) is 12.5. The molecule has 1 amide bonds. The zero-order valence-corrected chi connectivity index (χ0v) is 15.9. The van der Waals surface area contributed by atoms with Crippen molar-refractivity contribution >= 4 is 20.0 Å². The van der Waals surface area contributed by atoms with Gasteiger partial charge in [-0.1, -0.05) is 19.6 Å². The number of rotatable bonds is 8. The summed E-state index contributed by atoms with van der Waals surface area (Å²) in [7, 11) is 2.06. The Kier molecular flexibility index (Phi) is 6.95. The number of imidazole rings is 1. The van der Waals surface area contributed by atoms with Gasteiger partial charge < -0.3 is 14.4 Å². The van der Waals surface area contributed by atoms with Gasteiger partial charge in [-0.2, -0.15) is 0 Å². The number of nitrogens with zero attached hydrogens (tertiary/aromatic N) is 3. The number of aromatic nitrogens is 2. The fraction of sp³-hybridized carbons (Fsp3) is 0.667. The van der Waals surface area contributed by atoms with E-state index in [1.165, 1.54) is 11.8 Å². The first-order valence-corrected chi connectivity index (χ1v) is 11.3. The quantitative estimate of drug-likeness (QED) is 0.413. The van der Waals surface area contributed by atoms with E-state index in [4.69, 9.17) is 9.47 Å². The van der Waals surface area contributed by atoms with E-state index in [9.17, 15) is 9.59 Å². The molecule has 0 aliphatic carbocycles. The summed E-state index contributed by atoms with van der Waals surface area (Å²) in [6.45, 7) is 9.21. The highest BCUT2D eigenvalue weighted by molar-refractivity contribution is 6.76. The van der Waals surface area contributed by atoms with E-state index in [1.807, 2.05) is 0 Å². The third kappa shape index (κ3) is 6.53. The molecule has 0 atom stereocenters. The summed E-state index contributed by atoms with van der Waals surface area (Å²) in [6, 6.07) is 1.04. The van der Waals surface area contributed by atoms with Crippen molar-refractivity contribution in [1.82, 2.24) is 14.5 Å². The SMILES string of the molecule is CC(=O)c1ncc(COC(=O)N(C)C)n1COCC[Si](C)(C)C. The lowest BCUT2D eigenvalue weighted by Crippen LogP contribution is -2.24. The standard InChI is InChI=1S/C15H27N3O4Si/c1-12(19)14-16-9-13(10-22-15(20)17(2)3)18(14)11-21-7-8-23(4,5)6/h9H,7-8,10-11H2,1-6H3. The maximum absolute atomic E-state index is 11.7. The van der Waals surface area contributed by atoms with E-state index in [2.05, 4.69) is 24.6 Å². The Morgan fingerprint density at radius 1 is 1.30 bits per heavy atom. The van der Waals surface area contributed by atoms with Crippen LogP contribution >= 0.6 is 0 Å². The number of carbonyl (C=O) groups excluding carboxylic acids is 2. The van der Waals surface area contributed by atoms with Crippen LogP contribution in [-0.2, 0) is 22.8 Å². The van der Waals surface area contributed by atoms with Crippen LogP contribution in [0.25, 0.3) is 0 Å². The molecule has 8 heteroatoms. The number of hydrogen-bond acceptors (Lipinski definition) is 5. The molecule has 0 radical (unpaired) electrons. The van der Waals surface area contributed by atoms with Crippen molar-refractivity contribution in [2.45, 2.75) is 45.9 Å². The number of hydrogen-bond donors (Lipinski definition) is 0. The largest absolute Gasteiger partial charge is 0.443 e. The van der Waals surface area contributed by atoms with Crippen molar-refractivity contribution in [2.75, 3.05) is 20.7 Å². The van der Waals surface area contributed by atoms with Crippen molar-refractivity contribution in [3.8, 4) is 0 Å². The molecule has 0 spiro atoms. The van der Waals surface area contributed by atoms with Crippen molar-refractivity contribution in [1.29, 1.82) is 0 Å². The van der Waals surface area contributed by atoms with E-state index in [1.54, 1.807) is 24.9 Å². The first kappa shape index (κ1) is 19.4. The lowest BCUT2D eigenvalue weighted by Gasteiger charge is -2.17. The summed E-state index contributed by atoms with van der Waals surface area (Å²) in [4.78, 5) is 28.6. The maximum atomic E-state index is 11.7. The predicted octanol–water partition coefficient (Wildman–Crippen LogP) is 2.60. The second kappa shape index (κ2) is 8.26. The minimum Gasteiger partial charge on any atom is -0.443 e. The molecular formula is C15H27N3O4Si. The van der Waals surface area contributed by atoms with Crippen LogP contribution < -0.4 is 0 Å². The molecule has 1 aromatic rings. The molecule has 7 nitrogen and oxygen atoms in total. The third-order valence-corrected chi connectivity index (χ3v) is 4.88. The monoisotopic (exact) mass is 341 g/mol. The molecule has 0 aliphatic heterocycles. The molecule has 0 fully saturated rings. The molecule has 0 aromatic carbocycles. The van der Waals surface area contributed by atoms with Crippen LogP contribution in [0.2, 0.25) is 25.7 Å². The lowest BCUT2D eigenvalue weighted by molar-refractivity contribution is 0.0723. The van der Waals surface area contributed by atoms with Crippen molar-refractivity contribution in [3.63, 3.8) is 0 Å². The Bertz CT molecular complexity index is 549. The summed E-state index contributed by atoms with van der Waals surface area (Å²) >= 11 is 0. The van der Waals surface area contributed by atoms with Crippen LogP contribution in [0.4, 0.5) is 4.79 Å². The van der Waals surface area contributed by atoms with Gasteiger partial charge in [0.1, 0.15) is 13.3 Å². The van der Waals surface area contributed by atoms with Crippen LogP contribution in [0.1, 0.15) is 23.2 Å². The average molecular weight is 341 g/mol. The number of carbonyl (C=O) groups is 2. The van der Waals surface area contributed by atoms with E-state index in [0.717, 1.165) is 6.04 Å². The van der Waals surface area contributed by atoms with E-state index >= 15 is 0 Å². The molecular weight excluding hydrogens is 314 g/mol. The van der Waals surface area contributed by atoms with Crippen molar-refractivity contribution in [3.05, 3.63) is 17.7 Å². The normalized spacial score (nSPS) is 11.4. The Hall–Kier alpha value is -1.67. The molecule has 1 heterocycles. The number of ketones is 1. The molecule has 23 heavy (non-hydrogen) atoms. The summed E-state index contributed by atoms with van der Waals surface area (Å²) < 4.78 is 12.5. The van der Waals surface area contributed by atoms with Crippen LogP contribution in [0.3, 0.4) is 0 Å². The molecule has 0 bridgehead atoms. The number of ether oxygens (including phenoxy) is 2. The molecule has 1 rings (SSSR count). The van der Waals surface area contributed by atoms with Gasteiger partial charge in [-0.05, 0) is 6.04 Å². The van der Waals surface area contributed by atoms with Gasteiger partial charge in [0, 0.05) is 35.7 Å². The first-order valence-electron chi connectivity index (χ1n) is 7.59. The van der Waals surface area contributed by atoms with Crippen LogP contribution in [0.5, 0.6) is 0 Å². The molecule has 0 saturated heterocycles. The van der Waals surface area contributed by atoms with E-state index in [0.29, 0.717) is 18.1 Å². The third-order valence-electron chi connectivity index (χ3n) is 3.18. The van der Waals surface area contributed by atoms with Crippen LogP contribution in [-0.4, -0.2) is 55.1 Å². The Labute approximate surface area is 138 Å². The molecule has 0 unspecified atom stereocenters. The predicted molar refractivity (Wildman–Crippen MR) is 90.2 cm³/mol. The van der Waals surface area contributed by atoms with Crippen LogP contribution in [0, 0.1) is 0 Å². The topological polar surface area (TPSA) is 73.7 Å². The molecule has 0 aliphatic rings. The van der Waals surface area contributed by atoms with Gasteiger partial charge in [-0.15, -0.1) is 0 Å². The minimum atomic E-state index is -1.16. The van der Waals surface area contributed by atoms with Gasteiger partial charge in [0.15, 0.2) is 11.6 Å². The molecule has 0 saturated carbocycles. The van der Waals surface area contributed by atoms with Gasteiger partial charge in [-0.25, -0.2) is 9.78 Å². The fourth-order valence-corrected chi connectivity index (χ4v) is 2.51. The Morgan fingerprint density at radius 3 is 2.48 bits per heavy atom. The van der Waals surface area contributed by atoms with E-state index in [-0.39, 0.29) is 19.1 Å². The van der Waals surface area contributed by atoms with Gasteiger partial charge in [0.25, 0.3) is 0 Å². The summed E-state index contributed by atoms with van der Waals surface area (Å²) in [5.41, 5.74) is 0.637. The van der Waals surface area contributed by atoms with Crippen molar-refractivity contribution in [2.24, 2.45) is 0 Å². The molecule has 1 aromatic heterocycles. The molecule has 130 valence electrons. The Morgan fingerprint density at radius 2 is 1.96 bits per heavy atom. The number of amides is 1. The van der Waals surface area contributed by atoms with E-state index < -0.39 is 14.2 Å². The summed E-state index contributed by atoms with van der Waals surface area (Å²) in [5, 5.41) is 0. The van der Waals surface area contributed by atoms with Gasteiger partial charge in [0.05, 0.1) is 11.9 Å². The van der Waals surface area contributed by atoms with Gasteiger partial charge in [-0.3, -0.25) is 9.36 Å². The van der Waals surface area contributed by atoms with Gasteiger partial charge >= 0.3 is 6.09 Å². The second-order valence-electron chi connectivity index (χ2n) is 6.85. The molecule has 0 N–H and O–H groups in total. The highest BCUT2D eigenvalue weighted by atomic mass is 28.3.